The second kappa shape index (κ2) is 6.58. The third kappa shape index (κ3) is 3.52. The number of hydrogen-bond donors (Lipinski definition) is 1. The fraction of sp³-hybridized carbons (Fsp3) is 0.0588. The quantitative estimate of drug-likeness (QED) is 0.695. The average Bonchev–Trinajstić information content (AvgIpc) is 3.00. The van der Waals surface area contributed by atoms with Crippen molar-refractivity contribution in [3.63, 3.8) is 0 Å². The average molecular weight is 294 g/mol. The Labute approximate surface area is 127 Å². The minimum absolute atomic E-state index is 0.193. The highest BCUT2D eigenvalue weighted by atomic mass is 16.7. The Hall–Kier alpha value is -3.08. The normalized spacial score (nSPS) is 12.9. The zero-order valence-corrected chi connectivity index (χ0v) is 11.7. The van der Waals surface area contributed by atoms with E-state index in [2.05, 4.69) is 10.3 Å². The summed E-state index contributed by atoms with van der Waals surface area (Å²) in [6, 6.07) is 9.14. The zero-order valence-electron chi connectivity index (χ0n) is 11.7. The van der Waals surface area contributed by atoms with Crippen LogP contribution in [0.25, 0.3) is 6.08 Å². The van der Waals surface area contributed by atoms with Gasteiger partial charge in [-0.15, -0.1) is 0 Å². The number of allylic oxidation sites excluding steroid dienone is 2. The van der Waals surface area contributed by atoms with Gasteiger partial charge in [-0.1, -0.05) is 24.3 Å². The van der Waals surface area contributed by atoms with Gasteiger partial charge in [-0.05, 0) is 29.8 Å². The number of amides is 1. The molecule has 0 aliphatic carbocycles. The Balaban J connectivity index is 1.56. The van der Waals surface area contributed by atoms with E-state index in [4.69, 9.17) is 9.47 Å². The maximum atomic E-state index is 11.7. The molecule has 22 heavy (non-hydrogen) atoms. The predicted octanol–water partition coefficient (Wildman–Crippen LogP) is 3.02. The van der Waals surface area contributed by atoms with Crippen molar-refractivity contribution < 1.29 is 14.3 Å². The van der Waals surface area contributed by atoms with Gasteiger partial charge in [0.1, 0.15) is 0 Å². The van der Waals surface area contributed by atoms with Gasteiger partial charge in [0.05, 0.1) is 0 Å². The van der Waals surface area contributed by atoms with Gasteiger partial charge in [-0.25, -0.2) is 0 Å². The second-order valence-corrected chi connectivity index (χ2v) is 4.56. The molecule has 1 aliphatic heterocycles. The van der Waals surface area contributed by atoms with Crippen LogP contribution < -0.4 is 14.8 Å². The monoisotopic (exact) mass is 294 g/mol. The van der Waals surface area contributed by atoms with Crippen molar-refractivity contribution in [2.45, 2.75) is 0 Å². The standard InChI is InChI=1S/C17H14N2O3/c20-17(19-14-7-9-18-10-8-14)4-2-1-3-13-5-6-15-16(11-13)22-12-21-15/h1-11H,12H2,(H,18,19,20)/b3-1+,4-2+. The number of hydrogen-bond acceptors (Lipinski definition) is 4. The van der Waals surface area contributed by atoms with Crippen molar-refractivity contribution in [3.05, 3.63) is 66.5 Å². The second-order valence-electron chi connectivity index (χ2n) is 4.56. The summed E-state index contributed by atoms with van der Waals surface area (Å²) in [5.74, 6) is 1.30. The number of rotatable bonds is 4. The van der Waals surface area contributed by atoms with Crippen molar-refractivity contribution in [2.24, 2.45) is 0 Å². The smallest absolute Gasteiger partial charge is 0.248 e. The molecule has 0 unspecified atom stereocenters. The lowest BCUT2D eigenvalue weighted by Crippen LogP contribution is -2.07. The van der Waals surface area contributed by atoms with Crippen LogP contribution in [0.1, 0.15) is 5.56 Å². The summed E-state index contributed by atoms with van der Waals surface area (Å²) in [7, 11) is 0. The van der Waals surface area contributed by atoms with Crippen LogP contribution in [0, 0.1) is 0 Å². The third-order valence-corrected chi connectivity index (χ3v) is 2.99. The third-order valence-electron chi connectivity index (χ3n) is 2.99. The van der Waals surface area contributed by atoms with Gasteiger partial charge in [0.15, 0.2) is 11.5 Å². The minimum Gasteiger partial charge on any atom is -0.454 e. The van der Waals surface area contributed by atoms with Crippen LogP contribution >= 0.6 is 0 Å². The number of aromatic nitrogens is 1. The van der Waals surface area contributed by atoms with Crippen molar-refractivity contribution in [1.29, 1.82) is 0 Å². The molecule has 5 nitrogen and oxygen atoms in total. The van der Waals surface area contributed by atoms with Gasteiger partial charge in [-0.3, -0.25) is 9.78 Å². The molecule has 0 spiro atoms. The van der Waals surface area contributed by atoms with Gasteiger partial charge >= 0.3 is 0 Å². The van der Waals surface area contributed by atoms with Gasteiger partial charge in [0, 0.05) is 24.2 Å². The Morgan fingerprint density at radius 2 is 1.91 bits per heavy atom. The number of nitrogens with one attached hydrogen (secondary N) is 1. The molecule has 3 rings (SSSR count). The van der Waals surface area contributed by atoms with E-state index in [0.717, 1.165) is 17.1 Å². The van der Waals surface area contributed by atoms with Gasteiger partial charge < -0.3 is 14.8 Å². The molecule has 2 aromatic rings. The molecule has 0 fully saturated rings. The van der Waals surface area contributed by atoms with Crippen LogP contribution in [0.4, 0.5) is 5.69 Å². The molecule has 1 amide bonds. The molecule has 0 radical (unpaired) electrons. The fourth-order valence-electron chi connectivity index (χ4n) is 1.95. The van der Waals surface area contributed by atoms with E-state index in [1.807, 2.05) is 24.3 Å². The number of carbonyl (C=O) groups excluding carboxylic acids is 1. The van der Waals surface area contributed by atoms with E-state index >= 15 is 0 Å². The molecule has 5 heteroatoms. The summed E-state index contributed by atoms with van der Waals surface area (Å²) in [6.45, 7) is 0.261. The lowest BCUT2D eigenvalue weighted by atomic mass is 10.2. The largest absolute Gasteiger partial charge is 0.454 e. The summed E-state index contributed by atoms with van der Waals surface area (Å²) >= 11 is 0. The molecular formula is C17H14N2O3. The lowest BCUT2D eigenvalue weighted by molar-refractivity contribution is -0.111. The molecule has 0 saturated carbocycles. The SMILES string of the molecule is O=C(/C=C/C=C/c1ccc2c(c1)OCO2)Nc1ccncc1. The van der Waals surface area contributed by atoms with Crippen LogP contribution in [-0.4, -0.2) is 17.7 Å². The van der Waals surface area contributed by atoms with E-state index in [-0.39, 0.29) is 12.7 Å². The molecule has 1 aromatic heterocycles. The van der Waals surface area contributed by atoms with E-state index in [1.165, 1.54) is 6.08 Å². The number of ether oxygens (including phenoxy) is 2. The number of nitrogens with zero attached hydrogens (tertiary/aromatic N) is 1. The molecule has 1 aliphatic rings. The zero-order chi connectivity index (χ0) is 15.2. The molecular weight excluding hydrogens is 280 g/mol. The predicted molar refractivity (Wildman–Crippen MR) is 83.6 cm³/mol. The Bertz CT molecular complexity index is 724. The number of anilines is 1. The van der Waals surface area contributed by atoms with Gasteiger partial charge in [-0.2, -0.15) is 0 Å². The maximum Gasteiger partial charge on any atom is 0.248 e. The first-order chi connectivity index (χ1) is 10.8. The Morgan fingerprint density at radius 3 is 2.77 bits per heavy atom. The number of carbonyl (C=O) groups is 1. The summed E-state index contributed by atoms with van der Waals surface area (Å²) in [5, 5.41) is 2.74. The van der Waals surface area contributed by atoms with Crippen LogP contribution in [-0.2, 0) is 4.79 Å². The first-order valence-corrected chi connectivity index (χ1v) is 6.77. The molecule has 0 atom stereocenters. The maximum absolute atomic E-state index is 11.7. The molecule has 110 valence electrons. The molecule has 2 heterocycles. The van der Waals surface area contributed by atoms with Crippen LogP contribution in [0.15, 0.2) is 61.0 Å². The number of pyridine rings is 1. The van der Waals surface area contributed by atoms with E-state index in [1.54, 1.807) is 36.7 Å². The highest BCUT2D eigenvalue weighted by Gasteiger charge is 2.11. The van der Waals surface area contributed by atoms with Crippen LogP contribution in [0.5, 0.6) is 11.5 Å². The summed E-state index contributed by atoms with van der Waals surface area (Å²) in [4.78, 5) is 15.6. The lowest BCUT2D eigenvalue weighted by Gasteiger charge is -1.99. The summed E-state index contributed by atoms with van der Waals surface area (Å²) in [6.07, 6.45) is 10.1. The number of fused-ring (bicyclic) bond motifs is 1. The fourth-order valence-corrected chi connectivity index (χ4v) is 1.95. The highest BCUT2D eigenvalue weighted by Crippen LogP contribution is 2.32. The topological polar surface area (TPSA) is 60.5 Å². The first-order valence-electron chi connectivity index (χ1n) is 6.77. The van der Waals surface area contributed by atoms with Crippen LogP contribution in [0.2, 0.25) is 0 Å². The Kier molecular flexibility index (Phi) is 4.15. The molecule has 0 saturated heterocycles. The van der Waals surface area contributed by atoms with Crippen molar-refractivity contribution in [3.8, 4) is 11.5 Å². The highest BCUT2D eigenvalue weighted by molar-refractivity contribution is 5.99. The van der Waals surface area contributed by atoms with Crippen molar-refractivity contribution >= 4 is 17.7 Å². The van der Waals surface area contributed by atoms with E-state index in [0.29, 0.717) is 5.69 Å². The number of benzene rings is 1. The van der Waals surface area contributed by atoms with Crippen molar-refractivity contribution in [2.75, 3.05) is 12.1 Å². The van der Waals surface area contributed by atoms with Crippen LogP contribution in [0.3, 0.4) is 0 Å². The van der Waals surface area contributed by atoms with Crippen molar-refractivity contribution in [1.82, 2.24) is 4.98 Å². The van der Waals surface area contributed by atoms with Gasteiger partial charge in [0.2, 0.25) is 12.7 Å². The van der Waals surface area contributed by atoms with E-state index in [9.17, 15) is 4.79 Å². The Morgan fingerprint density at radius 1 is 1.09 bits per heavy atom. The molecule has 0 bridgehead atoms. The molecule has 1 aromatic carbocycles. The summed E-state index contributed by atoms with van der Waals surface area (Å²) in [5.41, 5.74) is 1.69. The van der Waals surface area contributed by atoms with E-state index < -0.39 is 0 Å². The minimum atomic E-state index is -0.193. The van der Waals surface area contributed by atoms with Gasteiger partial charge in [0.25, 0.3) is 0 Å². The first kappa shape index (κ1) is 13.9. The summed E-state index contributed by atoms with van der Waals surface area (Å²) < 4.78 is 10.6. The molecule has 1 N–H and O–H groups in total.